The maximum atomic E-state index is 12.7. The van der Waals surface area contributed by atoms with Crippen LogP contribution in [0.15, 0.2) is 54.6 Å². The molecule has 1 saturated heterocycles. The average molecular weight is 394 g/mol. The van der Waals surface area contributed by atoms with E-state index >= 15 is 0 Å². The summed E-state index contributed by atoms with van der Waals surface area (Å²) in [7, 11) is 0. The third kappa shape index (κ3) is 5.83. The van der Waals surface area contributed by atoms with Crippen LogP contribution in [-0.4, -0.2) is 37.0 Å². The number of para-hydroxylation sites is 1. The topological polar surface area (TPSA) is 61.4 Å². The number of nitrogens with zero attached hydrogens (tertiary/aromatic N) is 1. The molecule has 0 radical (unpaired) electrons. The summed E-state index contributed by atoms with van der Waals surface area (Å²) in [6, 6.07) is 17.9. The van der Waals surface area contributed by atoms with Crippen molar-refractivity contribution in [3.05, 3.63) is 65.7 Å². The number of piperidine rings is 1. The van der Waals surface area contributed by atoms with Gasteiger partial charge in [-0.3, -0.25) is 9.59 Å². The van der Waals surface area contributed by atoms with E-state index in [9.17, 15) is 9.59 Å². The highest BCUT2D eigenvalue weighted by Gasteiger charge is 2.24. The van der Waals surface area contributed by atoms with E-state index in [4.69, 9.17) is 0 Å². The molecule has 1 fully saturated rings. The molecular weight excluding hydrogens is 362 g/mol. The van der Waals surface area contributed by atoms with Gasteiger partial charge in [-0.1, -0.05) is 49.4 Å². The zero-order valence-electron chi connectivity index (χ0n) is 17.4. The lowest BCUT2D eigenvalue weighted by molar-refractivity contribution is -0.121. The number of anilines is 1. The molecule has 0 spiro atoms. The van der Waals surface area contributed by atoms with E-state index in [1.54, 1.807) is 0 Å². The van der Waals surface area contributed by atoms with Gasteiger partial charge < -0.3 is 15.5 Å². The lowest BCUT2D eigenvalue weighted by atomic mass is 10.0. The smallest absolute Gasteiger partial charge is 0.253 e. The molecule has 1 aliphatic heterocycles. The molecule has 1 atom stereocenters. The Balaban J connectivity index is 1.55. The number of carbonyl (C=O) groups is 2. The lowest BCUT2D eigenvalue weighted by Gasteiger charge is -2.35. The van der Waals surface area contributed by atoms with Crippen LogP contribution in [0.2, 0.25) is 0 Å². The molecule has 154 valence electrons. The summed E-state index contributed by atoms with van der Waals surface area (Å²) in [5.74, 6) is 0.0521. The Labute approximate surface area is 173 Å². The highest BCUT2D eigenvalue weighted by molar-refractivity contribution is 6.00. The van der Waals surface area contributed by atoms with Crippen molar-refractivity contribution in [3.8, 4) is 0 Å². The van der Waals surface area contributed by atoms with Crippen molar-refractivity contribution >= 4 is 17.5 Å². The lowest BCUT2D eigenvalue weighted by Crippen LogP contribution is -2.45. The van der Waals surface area contributed by atoms with Crippen LogP contribution in [0.1, 0.15) is 49.0 Å². The molecule has 1 unspecified atom stereocenters. The van der Waals surface area contributed by atoms with Gasteiger partial charge in [-0.2, -0.15) is 0 Å². The van der Waals surface area contributed by atoms with Crippen molar-refractivity contribution in [2.24, 2.45) is 0 Å². The molecule has 29 heavy (non-hydrogen) atoms. The predicted molar refractivity (Wildman–Crippen MR) is 117 cm³/mol. The number of rotatable bonds is 7. The van der Waals surface area contributed by atoms with Crippen LogP contribution < -0.4 is 15.5 Å². The summed E-state index contributed by atoms with van der Waals surface area (Å²) in [6.07, 6.45) is 3.07. The number of nitrogens with one attached hydrogen (secondary N) is 2. The second-order valence-electron chi connectivity index (χ2n) is 7.79. The van der Waals surface area contributed by atoms with Gasteiger partial charge in [0.25, 0.3) is 5.91 Å². The van der Waals surface area contributed by atoms with Gasteiger partial charge in [-0.15, -0.1) is 0 Å². The number of amides is 2. The Bertz CT molecular complexity index is 814. The minimum atomic E-state index is -0.0202. The molecule has 0 aromatic heterocycles. The van der Waals surface area contributed by atoms with Gasteiger partial charge >= 0.3 is 0 Å². The first-order valence-corrected chi connectivity index (χ1v) is 10.5. The molecule has 5 nitrogen and oxygen atoms in total. The Morgan fingerprint density at radius 1 is 1.03 bits per heavy atom. The van der Waals surface area contributed by atoms with Crippen molar-refractivity contribution in [3.63, 3.8) is 0 Å². The van der Waals surface area contributed by atoms with E-state index in [2.05, 4.69) is 22.5 Å². The first-order valence-electron chi connectivity index (χ1n) is 10.5. The third-order valence-electron chi connectivity index (χ3n) is 5.55. The van der Waals surface area contributed by atoms with Crippen LogP contribution in [0.3, 0.4) is 0 Å². The van der Waals surface area contributed by atoms with Gasteiger partial charge in [0.15, 0.2) is 0 Å². The molecular formula is C24H31N3O2. The maximum Gasteiger partial charge on any atom is 0.253 e. The van der Waals surface area contributed by atoms with Crippen molar-refractivity contribution < 1.29 is 9.59 Å². The number of hydrogen-bond acceptors (Lipinski definition) is 3. The highest BCUT2D eigenvalue weighted by Crippen LogP contribution is 2.24. The van der Waals surface area contributed by atoms with E-state index in [0.29, 0.717) is 6.42 Å². The number of benzene rings is 2. The van der Waals surface area contributed by atoms with Crippen molar-refractivity contribution in [1.82, 2.24) is 10.6 Å². The number of hydrogen-bond donors (Lipinski definition) is 2. The largest absolute Gasteiger partial charge is 0.371 e. The molecule has 0 aliphatic carbocycles. The Morgan fingerprint density at radius 2 is 1.69 bits per heavy atom. The highest BCUT2D eigenvalue weighted by atomic mass is 16.2. The molecule has 2 aromatic rings. The molecule has 2 amide bonds. The van der Waals surface area contributed by atoms with E-state index in [1.165, 1.54) is 0 Å². The minimum Gasteiger partial charge on any atom is -0.371 e. The fourth-order valence-electron chi connectivity index (χ4n) is 3.67. The molecule has 2 aromatic carbocycles. The molecule has 1 heterocycles. The number of carbonyl (C=O) groups excluding carboxylic acids is 2. The van der Waals surface area contributed by atoms with Gasteiger partial charge in [-0.25, -0.2) is 0 Å². The van der Waals surface area contributed by atoms with Crippen molar-refractivity contribution in [2.75, 3.05) is 18.0 Å². The molecule has 3 rings (SSSR count). The normalized spacial score (nSPS) is 15.6. The van der Waals surface area contributed by atoms with Crippen molar-refractivity contribution in [2.45, 2.75) is 51.6 Å². The van der Waals surface area contributed by atoms with Gasteiger partial charge in [0.2, 0.25) is 5.91 Å². The SMILES string of the molecule is CCC(C)NC(=O)c1ccccc1N1CCC(NC(=O)Cc2ccccc2)CC1. The third-order valence-corrected chi connectivity index (χ3v) is 5.55. The minimum absolute atomic E-state index is 0.0202. The maximum absolute atomic E-state index is 12.7. The van der Waals surface area contributed by atoms with Gasteiger partial charge in [0.05, 0.1) is 12.0 Å². The van der Waals surface area contributed by atoms with Crippen LogP contribution in [0, 0.1) is 0 Å². The first kappa shape index (κ1) is 20.9. The van der Waals surface area contributed by atoms with Crippen LogP contribution in [0.5, 0.6) is 0 Å². The van der Waals surface area contributed by atoms with E-state index in [1.807, 2.05) is 61.5 Å². The monoisotopic (exact) mass is 393 g/mol. The second kappa shape index (κ2) is 10.1. The Kier molecular flexibility index (Phi) is 7.28. The molecule has 5 heteroatoms. The standard InChI is InChI=1S/C24H31N3O2/c1-3-18(2)25-24(29)21-11-7-8-12-22(21)27-15-13-20(14-16-27)26-23(28)17-19-9-5-4-6-10-19/h4-12,18,20H,3,13-17H2,1-2H3,(H,25,29)(H,26,28). The quantitative estimate of drug-likeness (QED) is 0.756. The van der Waals surface area contributed by atoms with Crippen LogP contribution in [0.4, 0.5) is 5.69 Å². The van der Waals surface area contributed by atoms with Crippen LogP contribution in [0.25, 0.3) is 0 Å². The van der Waals surface area contributed by atoms with Crippen molar-refractivity contribution in [1.29, 1.82) is 0 Å². The summed E-state index contributed by atoms with van der Waals surface area (Å²) in [5.41, 5.74) is 2.73. The van der Waals surface area contributed by atoms with E-state index in [0.717, 1.165) is 49.2 Å². The Hall–Kier alpha value is -2.82. The second-order valence-corrected chi connectivity index (χ2v) is 7.79. The molecule has 0 saturated carbocycles. The van der Waals surface area contributed by atoms with Gasteiger partial charge in [0.1, 0.15) is 0 Å². The van der Waals surface area contributed by atoms with Crippen LogP contribution >= 0.6 is 0 Å². The summed E-state index contributed by atoms with van der Waals surface area (Å²) in [5, 5.41) is 6.23. The van der Waals surface area contributed by atoms with Gasteiger partial charge in [-0.05, 0) is 43.9 Å². The zero-order chi connectivity index (χ0) is 20.6. The van der Waals surface area contributed by atoms with E-state index in [-0.39, 0.29) is 23.9 Å². The van der Waals surface area contributed by atoms with Gasteiger partial charge in [0, 0.05) is 30.9 Å². The van der Waals surface area contributed by atoms with Crippen LogP contribution in [-0.2, 0) is 11.2 Å². The summed E-state index contributed by atoms with van der Waals surface area (Å²) >= 11 is 0. The predicted octanol–water partition coefficient (Wildman–Crippen LogP) is 3.54. The average Bonchev–Trinajstić information content (AvgIpc) is 2.75. The first-order chi connectivity index (χ1) is 14.1. The zero-order valence-corrected chi connectivity index (χ0v) is 17.4. The Morgan fingerprint density at radius 3 is 2.38 bits per heavy atom. The summed E-state index contributed by atoms with van der Waals surface area (Å²) in [4.78, 5) is 27.3. The molecule has 1 aliphatic rings. The fourth-order valence-corrected chi connectivity index (χ4v) is 3.67. The molecule has 2 N–H and O–H groups in total. The molecule has 0 bridgehead atoms. The summed E-state index contributed by atoms with van der Waals surface area (Å²) in [6.45, 7) is 5.73. The fraction of sp³-hybridized carbons (Fsp3) is 0.417. The summed E-state index contributed by atoms with van der Waals surface area (Å²) < 4.78 is 0. The van der Waals surface area contributed by atoms with E-state index < -0.39 is 0 Å².